The van der Waals surface area contributed by atoms with Crippen molar-refractivity contribution < 1.29 is 77.7 Å². The van der Waals surface area contributed by atoms with Crippen molar-refractivity contribution in [3.63, 3.8) is 0 Å². The molecule has 2 unspecified atom stereocenters. The van der Waals surface area contributed by atoms with Crippen LogP contribution in [0, 0.1) is 41.0 Å². The van der Waals surface area contributed by atoms with Gasteiger partial charge in [0.05, 0.1) is 36.5 Å². The van der Waals surface area contributed by atoms with E-state index in [0.717, 1.165) is 43.7 Å². The molecule has 2 nitrogen and oxygen atoms in total. The van der Waals surface area contributed by atoms with Gasteiger partial charge >= 0.3 is 45.7 Å². The van der Waals surface area contributed by atoms with Crippen LogP contribution in [0.4, 0.5) is 52.7 Å². The molecule has 5 aromatic rings. The van der Waals surface area contributed by atoms with Crippen molar-refractivity contribution in [2.24, 2.45) is 5.92 Å². The Morgan fingerprint density at radius 2 is 0.845 bits per heavy atom. The smallest absolute Gasteiger partial charge is 0.358 e. The van der Waals surface area contributed by atoms with Gasteiger partial charge in [0.1, 0.15) is 11.5 Å². The van der Waals surface area contributed by atoms with Crippen LogP contribution in [0.15, 0.2) is 84.9 Å². The Bertz CT molecular complexity index is 2330. The molecule has 17 heteroatoms. The molecule has 5 aromatic carbocycles. The van der Waals surface area contributed by atoms with E-state index >= 15 is 0 Å². The number of hydrogen-bond acceptors (Lipinski definition) is 2. The summed E-state index contributed by atoms with van der Waals surface area (Å²) in [4.78, 5) is 0. The summed E-state index contributed by atoms with van der Waals surface area (Å²) >= 11 is 3.00. The molecule has 3 atom stereocenters. The minimum absolute atomic E-state index is 0. The van der Waals surface area contributed by atoms with E-state index < -0.39 is 90.9 Å². The van der Waals surface area contributed by atoms with E-state index in [2.05, 4.69) is 21.0 Å². The Morgan fingerprint density at radius 3 is 1.17 bits per heavy atom. The zero-order chi connectivity index (χ0) is 52.1. The minimum Gasteiger partial charge on any atom is -0.358 e. The topological polar surface area (TPSA) is 18.5 Å². The maximum atomic E-state index is 14.3. The van der Waals surface area contributed by atoms with Gasteiger partial charge in [0.15, 0.2) is 0 Å². The first-order chi connectivity index (χ1) is 32.7. The number of ether oxygens (including phenoxy) is 2. The van der Waals surface area contributed by atoms with Crippen LogP contribution < -0.4 is 36.0 Å². The van der Waals surface area contributed by atoms with Gasteiger partial charge in [-0.25, -0.2) is 0 Å². The molecule has 0 heterocycles. The Morgan fingerprint density at radius 1 is 0.507 bits per heavy atom. The van der Waals surface area contributed by atoms with E-state index in [1.807, 2.05) is 76.2 Å². The molecule has 0 bridgehead atoms. The maximum Gasteiger partial charge on any atom is -0.358 e. The molecule has 71 heavy (non-hydrogen) atoms. The second kappa shape index (κ2) is 24.4. The summed E-state index contributed by atoms with van der Waals surface area (Å²) in [6.07, 6.45) is -12.4. The average Bonchev–Trinajstić information content (AvgIpc) is 4.03. The fourth-order valence-electron chi connectivity index (χ4n) is 9.99. The van der Waals surface area contributed by atoms with Crippen molar-refractivity contribution in [2.45, 2.75) is 122 Å². The summed E-state index contributed by atoms with van der Waals surface area (Å²) in [5.41, 5.74) is -0.581. The van der Waals surface area contributed by atoms with Gasteiger partial charge in [0.25, 0.3) is 0 Å². The van der Waals surface area contributed by atoms with E-state index in [-0.39, 0.29) is 19.6 Å². The molecule has 7 rings (SSSR count). The molecule has 0 aliphatic heterocycles. The van der Waals surface area contributed by atoms with Gasteiger partial charge in [-0.2, -0.15) is 52.7 Å². The summed E-state index contributed by atoms with van der Waals surface area (Å²) in [5, 5.41) is 1.53. The summed E-state index contributed by atoms with van der Waals surface area (Å²) in [5.74, 6) is 0.371. The Kier molecular flexibility index (Phi) is 20.5. The molecule has 2 saturated carbocycles. The molecular formula is C54H59F12FeO2P2. The van der Waals surface area contributed by atoms with Gasteiger partial charge in [-0.1, -0.05) is 69.7 Å². The van der Waals surface area contributed by atoms with Crippen molar-refractivity contribution >= 4 is 47.8 Å². The van der Waals surface area contributed by atoms with E-state index in [9.17, 15) is 52.7 Å². The first-order valence-electron chi connectivity index (χ1n) is 22.6. The van der Waals surface area contributed by atoms with Crippen molar-refractivity contribution in [1.82, 2.24) is 0 Å². The Hall–Kier alpha value is -3.89. The van der Waals surface area contributed by atoms with Crippen LogP contribution in [-0.4, -0.2) is 25.3 Å². The summed E-state index contributed by atoms with van der Waals surface area (Å²) in [6, 6.07) is 17.2. The summed E-state index contributed by atoms with van der Waals surface area (Å²) in [7, 11) is -1.01. The van der Waals surface area contributed by atoms with E-state index in [1.54, 1.807) is 14.2 Å². The third-order valence-electron chi connectivity index (χ3n) is 12.9. The number of methoxy groups -OCH3 is 2. The fourth-order valence-corrected chi connectivity index (χ4v) is 16.0. The van der Waals surface area contributed by atoms with Crippen LogP contribution in [0.3, 0.4) is 0 Å². The maximum absolute atomic E-state index is 14.3. The van der Waals surface area contributed by atoms with E-state index in [4.69, 9.17) is 9.47 Å². The predicted molar refractivity (Wildman–Crippen MR) is 262 cm³/mol. The third-order valence-corrected chi connectivity index (χ3v) is 18.2. The number of alkyl halides is 12. The monoisotopic (exact) mass is 1090 g/mol. The average molecular weight is 1090 g/mol. The molecule has 2 aliphatic carbocycles. The first-order valence-corrected chi connectivity index (χ1v) is 26.1. The van der Waals surface area contributed by atoms with Crippen molar-refractivity contribution in [1.29, 1.82) is 0 Å². The number of aryl methyl sites for hydroxylation is 4. The van der Waals surface area contributed by atoms with E-state index in [1.165, 1.54) is 39.0 Å². The number of benzene rings is 5. The van der Waals surface area contributed by atoms with Crippen LogP contribution in [0.5, 0.6) is 11.5 Å². The molecule has 2 fully saturated rings. The van der Waals surface area contributed by atoms with Gasteiger partial charge in [-0.05, 0) is 189 Å². The van der Waals surface area contributed by atoms with Crippen LogP contribution in [0.1, 0.15) is 114 Å². The quantitative estimate of drug-likeness (QED) is 0.0601. The molecule has 2 aliphatic rings. The molecule has 0 saturated heterocycles. The van der Waals surface area contributed by atoms with Gasteiger partial charge in [-0.3, -0.25) is 0 Å². The predicted octanol–water partition coefficient (Wildman–Crippen LogP) is 15.5. The Balaban J connectivity index is 0.00000127. The minimum atomic E-state index is -5.33. The summed E-state index contributed by atoms with van der Waals surface area (Å²) < 4.78 is 183. The molecule has 0 N–H and O–H groups in total. The number of halogens is 12. The van der Waals surface area contributed by atoms with Crippen LogP contribution in [0.2, 0.25) is 0 Å². The SMILES string of the molecule is C1CCCC1.COc1c(C)cc(P(c2cc(C)c(OC)c(C)c2)c2ccccc2C2CCCC2[C@@H](C)P(c2cc(C(F)(F)F)cc(C(F)(F)F)c2)c2cc(C(F)(F)F)cc(C(F)(F)F)c2)cc1C.[CH2]=[Fe+].[CH3-]. The molecule has 389 valence electrons. The first kappa shape index (κ1) is 59.7. The molecule has 0 radical (unpaired) electrons. The standard InChI is InChI=1S/C47H44F12O2P2.C5H10.CH3.CH2.Fe/c1-25-15-34(16-26(2)42(25)60-6)63(35-17-27(3)43(61-7)28(4)18-35)41-14-9-8-11-40(41)39-13-10-12-38(39)29(5)62(36-21-30(44(48,49)50)19-31(22-36)45(51,52)53)37-23-32(46(54,55)56)20-33(24-37)47(57,58)59;1-2-4-5-3-1;;;/h8-9,11,14-24,29,38-39H,10,12-13H2,1-7H3;1-5H2;1H3;1H2;/q;;-1;;+1/t29-,38?,39?;;;;/m1..../s1. The zero-order valence-corrected chi connectivity index (χ0v) is 43.7. The van der Waals surface area contributed by atoms with E-state index in [0.29, 0.717) is 55.0 Å². The van der Waals surface area contributed by atoms with Crippen LogP contribution in [-0.2, 0) is 40.3 Å². The van der Waals surface area contributed by atoms with Crippen molar-refractivity contribution in [3.8, 4) is 11.5 Å². The molecular weight excluding hydrogens is 1030 g/mol. The molecule has 0 aromatic heterocycles. The van der Waals surface area contributed by atoms with Crippen LogP contribution in [0.25, 0.3) is 0 Å². The van der Waals surface area contributed by atoms with Gasteiger partial charge < -0.3 is 16.9 Å². The normalized spacial score (nSPS) is 16.7. The Labute approximate surface area is 420 Å². The summed E-state index contributed by atoms with van der Waals surface area (Å²) in [6.45, 7) is 9.21. The van der Waals surface area contributed by atoms with Crippen molar-refractivity contribution in [2.75, 3.05) is 14.2 Å². The third kappa shape index (κ3) is 14.2. The molecule has 0 amide bonds. The number of rotatable bonds is 10. The second-order valence-electron chi connectivity index (χ2n) is 17.7. The van der Waals surface area contributed by atoms with Gasteiger partial charge in [0.2, 0.25) is 0 Å². The van der Waals surface area contributed by atoms with Gasteiger partial charge in [-0.15, -0.1) is 0 Å². The second-order valence-corrected chi connectivity index (χ2v) is 22.5. The largest absolute Gasteiger partial charge is 0.358 e. The number of hydrogen-bond donors (Lipinski definition) is 0. The zero-order valence-electron chi connectivity index (χ0n) is 40.8. The van der Waals surface area contributed by atoms with Crippen LogP contribution >= 0.6 is 15.8 Å². The van der Waals surface area contributed by atoms with Crippen molar-refractivity contribution in [3.05, 3.63) is 142 Å². The van der Waals surface area contributed by atoms with Gasteiger partial charge in [0, 0.05) is 0 Å². The fraction of sp³-hybridized carbons (Fsp3) is 0.407. The molecule has 0 spiro atoms.